The average molecular weight is 398 g/mol. The van der Waals surface area contributed by atoms with E-state index in [1.807, 2.05) is 6.92 Å². The number of amides is 1. The first-order valence-corrected chi connectivity index (χ1v) is 11.0. The van der Waals surface area contributed by atoms with Crippen molar-refractivity contribution in [3.63, 3.8) is 0 Å². The highest BCUT2D eigenvalue weighted by atomic mass is 32.2. The van der Waals surface area contributed by atoms with Gasteiger partial charge < -0.3 is 9.32 Å². The Labute approximate surface area is 155 Å². The molecule has 6 nitrogen and oxygen atoms in total. The van der Waals surface area contributed by atoms with E-state index in [4.69, 9.17) is 4.42 Å². The minimum absolute atomic E-state index is 0.0327. The van der Waals surface area contributed by atoms with Gasteiger partial charge in [0.2, 0.25) is 5.91 Å². The van der Waals surface area contributed by atoms with Crippen LogP contribution in [-0.2, 0) is 14.6 Å². The fourth-order valence-corrected chi connectivity index (χ4v) is 5.36. The Bertz CT molecular complexity index is 880. The van der Waals surface area contributed by atoms with E-state index in [0.717, 1.165) is 11.8 Å². The fraction of sp³-hybridized carbons (Fsp3) is 0.412. The van der Waals surface area contributed by atoms with E-state index in [9.17, 15) is 17.6 Å². The van der Waals surface area contributed by atoms with Crippen LogP contribution in [0.2, 0.25) is 0 Å². The zero-order chi connectivity index (χ0) is 18.7. The Hall–Kier alpha value is -1.87. The van der Waals surface area contributed by atoms with Crippen LogP contribution in [0.1, 0.15) is 13.3 Å². The summed E-state index contributed by atoms with van der Waals surface area (Å²) in [5.74, 6) is 0.311. The molecule has 1 saturated heterocycles. The molecule has 1 aromatic heterocycles. The number of rotatable bonds is 6. The number of aromatic nitrogens is 1. The Kier molecular flexibility index (Phi) is 5.67. The van der Waals surface area contributed by atoms with Crippen LogP contribution in [-0.4, -0.2) is 54.1 Å². The highest BCUT2D eigenvalue weighted by Gasteiger charge is 2.33. The second kappa shape index (κ2) is 7.79. The van der Waals surface area contributed by atoms with Crippen LogP contribution in [0.25, 0.3) is 11.3 Å². The standard InChI is InChI=1S/C17H19FN2O4S2/c1-2-20(14-7-8-26(22,23)11-14)16(21)10-25-17-19-9-15(24-17)12-3-5-13(18)6-4-12/h3-6,9,14H,2,7-8,10-11H2,1H3. The van der Waals surface area contributed by atoms with Crippen molar-refractivity contribution in [3.05, 3.63) is 36.3 Å². The second-order valence-electron chi connectivity index (χ2n) is 6.02. The van der Waals surface area contributed by atoms with Gasteiger partial charge >= 0.3 is 0 Å². The van der Waals surface area contributed by atoms with Gasteiger partial charge in [-0.1, -0.05) is 11.8 Å². The summed E-state index contributed by atoms with van der Waals surface area (Å²) in [5.41, 5.74) is 0.698. The molecule has 0 spiro atoms. The first kappa shape index (κ1) is 18.9. The largest absolute Gasteiger partial charge is 0.431 e. The minimum atomic E-state index is -3.04. The quantitative estimate of drug-likeness (QED) is 0.696. The van der Waals surface area contributed by atoms with Crippen molar-refractivity contribution >= 4 is 27.5 Å². The molecule has 0 N–H and O–H groups in total. The second-order valence-corrected chi connectivity index (χ2v) is 9.18. The summed E-state index contributed by atoms with van der Waals surface area (Å²) < 4.78 is 41.8. The zero-order valence-electron chi connectivity index (χ0n) is 14.2. The van der Waals surface area contributed by atoms with E-state index in [0.29, 0.717) is 29.5 Å². The van der Waals surface area contributed by atoms with Crippen molar-refractivity contribution in [1.82, 2.24) is 9.88 Å². The van der Waals surface area contributed by atoms with Crippen molar-refractivity contribution in [2.75, 3.05) is 23.8 Å². The summed E-state index contributed by atoms with van der Waals surface area (Å²) in [4.78, 5) is 18.2. The summed E-state index contributed by atoms with van der Waals surface area (Å²) >= 11 is 1.16. The fourth-order valence-electron chi connectivity index (χ4n) is 2.94. The molecule has 0 aliphatic carbocycles. The molecule has 1 fully saturated rings. The molecular weight excluding hydrogens is 379 g/mol. The molecule has 0 radical (unpaired) electrons. The van der Waals surface area contributed by atoms with Crippen LogP contribution in [0, 0.1) is 5.82 Å². The highest BCUT2D eigenvalue weighted by molar-refractivity contribution is 7.99. The molecule has 1 aromatic carbocycles. The maximum atomic E-state index is 13.0. The van der Waals surface area contributed by atoms with Crippen LogP contribution >= 0.6 is 11.8 Å². The Balaban J connectivity index is 1.60. The molecule has 2 heterocycles. The van der Waals surface area contributed by atoms with Crippen molar-refractivity contribution in [2.24, 2.45) is 0 Å². The lowest BCUT2D eigenvalue weighted by atomic mass is 10.2. The lowest BCUT2D eigenvalue weighted by Crippen LogP contribution is -2.41. The van der Waals surface area contributed by atoms with Crippen molar-refractivity contribution < 1.29 is 22.0 Å². The molecule has 3 rings (SSSR count). The summed E-state index contributed by atoms with van der Waals surface area (Å²) in [7, 11) is -3.04. The van der Waals surface area contributed by atoms with Crippen LogP contribution < -0.4 is 0 Å². The van der Waals surface area contributed by atoms with E-state index < -0.39 is 9.84 Å². The number of carbonyl (C=O) groups excluding carboxylic acids is 1. The molecule has 0 bridgehead atoms. The van der Waals surface area contributed by atoms with Crippen molar-refractivity contribution in [3.8, 4) is 11.3 Å². The van der Waals surface area contributed by atoms with Gasteiger partial charge in [0.25, 0.3) is 5.22 Å². The number of halogens is 1. The molecule has 1 amide bonds. The minimum Gasteiger partial charge on any atom is -0.431 e. The van der Waals surface area contributed by atoms with Crippen LogP contribution in [0.15, 0.2) is 40.1 Å². The van der Waals surface area contributed by atoms with Crippen molar-refractivity contribution in [1.29, 1.82) is 0 Å². The van der Waals surface area contributed by atoms with E-state index in [-0.39, 0.29) is 35.0 Å². The number of thioether (sulfide) groups is 1. The molecule has 2 aromatic rings. The molecule has 140 valence electrons. The van der Waals surface area contributed by atoms with Crippen LogP contribution in [0.5, 0.6) is 0 Å². The van der Waals surface area contributed by atoms with Gasteiger partial charge in [0, 0.05) is 18.2 Å². The lowest BCUT2D eigenvalue weighted by Gasteiger charge is -2.26. The molecule has 9 heteroatoms. The van der Waals surface area contributed by atoms with Gasteiger partial charge in [-0.15, -0.1) is 0 Å². The van der Waals surface area contributed by atoms with E-state index >= 15 is 0 Å². The van der Waals surface area contributed by atoms with E-state index in [1.54, 1.807) is 17.0 Å². The number of oxazole rings is 1. The molecular formula is C17H19FN2O4S2. The Morgan fingerprint density at radius 1 is 1.38 bits per heavy atom. The molecule has 26 heavy (non-hydrogen) atoms. The Morgan fingerprint density at radius 2 is 2.12 bits per heavy atom. The van der Waals surface area contributed by atoms with Gasteiger partial charge in [0.05, 0.1) is 23.5 Å². The van der Waals surface area contributed by atoms with Gasteiger partial charge in [-0.25, -0.2) is 17.8 Å². The summed E-state index contributed by atoms with van der Waals surface area (Å²) in [5, 5.41) is 0.341. The van der Waals surface area contributed by atoms with Gasteiger partial charge in [-0.2, -0.15) is 0 Å². The number of hydrogen-bond donors (Lipinski definition) is 0. The maximum Gasteiger partial charge on any atom is 0.256 e. The summed E-state index contributed by atoms with van der Waals surface area (Å²) in [6, 6.07) is 5.60. The number of nitrogens with zero attached hydrogens (tertiary/aromatic N) is 2. The SMILES string of the molecule is CCN(C(=O)CSc1ncc(-c2ccc(F)cc2)o1)C1CCS(=O)(=O)C1. The third-order valence-electron chi connectivity index (χ3n) is 4.24. The predicted octanol–water partition coefficient (Wildman–Crippen LogP) is 2.61. The van der Waals surface area contributed by atoms with Crippen molar-refractivity contribution in [2.45, 2.75) is 24.6 Å². The molecule has 1 aliphatic heterocycles. The topological polar surface area (TPSA) is 80.5 Å². The average Bonchev–Trinajstić information content (AvgIpc) is 3.21. The zero-order valence-corrected chi connectivity index (χ0v) is 15.9. The number of carbonyl (C=O) groups is 1. The highest BCUT2D eigenvalue weighted by Crippen LogP contribution is 2.26. The van der Waals surface area contributed by atoms with E-state index in [2.05, 4.69) is 4.98 Å². The smallest absolute Gasteiger partial charge is 0.256 e. The molecule has 0 saturated carbocycles. The maximum absolute atomic E-state index is 13.0. The molecule has 1 atom stereocenters. The summed E-state index contributed by atoms with van der Waals surface area (Å²) in [6.45, 7) is 2.30. The lowest BCUT2D eigenvalue weighted by molar-refractivity contribution is -0.129. The molecule has 1 aliphatic rings. The summed E-state index contributed by atoms with van der Waals surface area (Å²) in [6.07, 6.45) is 2.02. The van der Waals surface area contributed by atoms with Gasteiger partial charge in [0.15, 0.2) is 15.6 Å². The van der Waals surface area contributed by atoms with Crippen LogP contribution in [0.4, 0.5) is 4.39 Å². The van der Waals surface area contributed by atoms with Crippen LogP contribution in [0.3, 0.4) is 0 Å². The Morgan fingerprint density at radius 3 is 2.73 bits per heavy atom. The van der Waals surface area contributed by atoms with Gasteiger partial charge in [-0.3, -0.25) is 4.79 Å². The third-order valence-corrected chi connectivity index (χ3v) is 6.82. The van der Waals surface area contributed by atoms with Gasteiger partial charge in [-0.05, 0) is 37.6 Å². The first-order valence-electron chi connectivity index (χ1n) is 8.22. The normalized spacial score (nSPS) is 18.8. The number of benzene rings is 1. The third kappa shape index (κ3) is 4.45. The van der Waals surface area contributed by atoms with Gasteiger partial charge in [0.1, 0.15) is 5.82 Å². The van der Waals surface area contributed by atoms with E-state index in [1.165, 1.54) is 18.3 Å². The number of sulfone groups is 1. The monoisotopic (exact) mass is 398 g/mol. The molecule has 1 unspecified atom stereocenters. The predicted molar refractivity (Wildman–Crippen MR) is 97.1 cm³/mol. The number of hydrogen-bond acceptors (Lipinski definition) is 6. The first-order chi connectivity index (χ1) is 12.4.